The molecule has 2 aromatic carbocycles. The molecule has 0 spiro atoms. The van der Waals surface area contributed by atoms with E-state index in [1.54, 1.807) is 6.07 Å². The third kappa shape index (κ3) is 4.03. The van der Waals surface area contributed by atoms with Crippen LogP contribution in [0.1, 0.15) is 15.9 Å². The second-order valence-corrected chi connectivity index (χ2v) is 5.36. The summed E-state index contributed by atoms with van der Waals surface area (Å²) in [5, 5.41) is 13.6. The van der Waals surface area contributed by atoms with Crippen molar-refractivity contribution in [3.05, 3.63) is 62.8 Å². The summed E-state index contributed by atoms with van der Waals surface area (Å²) < 4.78 is 13.6. The van der Waals surface area contributed by atoms with Crippen molar-refractivity contribution >= 4 is 39.7 Å². The number of carbonyl (C=O) groups is 1. The molecule has 0 aliphatic rings. The van der Waals surface area contributed by atoms with Gasteiger partial charge in [-0.1, -0.05) is 33.6 Å². The molecule has 21 heavy (non-hydrogen) atoms. The number of nitrogens with one attached hydrogen (secondary N) is 1. The van der Waals surface area contributed by atoms with Crippen LogP contribution in [0.4, 0.5) is 4.39 Å². The van der Waals surface area contributed by atoms with Crippen LogP contribution in [0, 0.1) is 5.82 Å². The molecule has 2 N–H and O–H groups in total. The minimum atomic E-state index is -0.564. The second-order valence-electron chi connectivity index (χ2n) is 4.03. The van der Waals surface area contributed by atoms with E-state index in [9.17, 15) is 14.3 Å². The Balaban J connectivity index is 2.11. The van der Waals surface area contributed by atoms with E-state index in [4.69, 9.17) is 11.6 Å². The fourth-order valence-electron chi connectivity index (χ4n) is 1.54. The Kier molecular flexibility index (Phi) is 4.93. The first-order chi connectivity index (χ1) is 9.97. The predicted octanol–water partition coefficient (Wildman–Crippen LogP) is 3.71. The zero-order valence-corrected chi connectivity index (χ0v) is 12.8. The lowest BCUT2D eigenvalue weighted by Crippen LogP contribution is -2.17. The standard InChI is InChI=1S/C14H9BrClFN2O2/c15-10-4-9(13(20)12(16)6-10)7-18-19-14(21)8-2-1-3-11(17)5-8/h1-7,20H,(H,19,21)/b18-7-. The molecular formula is C14H9BrClFN2O2. The molecule has 108 valence electrons. The molecule has 4 nitrogen and oxygen atoms in total. The molecule has 0 saturated heterocycles. The van der Waals surface area contributed by atoms with Gasteiger partial charge in [0.05, 0.1) is 11.2 Å². The van der Waals surface area contributed by atoms with Gasteiger partial charge in [-0.25, -0.2) is 9.82 Å². The van der Waals surface area contributed by atoms with E-state index in [-0.39, 0.29) is 16.3 Å². The fraction of sp³-hybridized carbons (Fsp3) is 0. The van der Waals surface area contributed by atoms with Crippen molar-refractivity contribution in [3.8, 4) is 5.75 Å². The van der Waals surface area contributed by atoms with Crippen molar-refractivity contribution in [2.24, 2.45) is 5.10 Å². The number of aromatic hydroxyl groups is 1. The van der Waals surface area contributed by atoms with Crippen LogP contribution in [-0.2, 0) is 0 Å². The van der Waals surface area contributed by atoms with Crippen molar-refractivity contribution in [2.75, 3.05) is 0 Å². The third-order valence-corrected chi connectivity index (χ3v) is 3.26. The van der Waals surface area contributed by atoms with Gasteiger partial charge in [0, 0.05) is 15.6 Å². The molecule has 0 aromatic heterocycles. The van der Waals surface area contributed by atoms with Gasteiger partial charge in [0.15, 0.2) is 0 Å². The number of hydrogen-bond donors (Lipinski definition) is 2. The number of hydrazone groups is 1. The maximum Gasteiger partial charge on any atom is 0.271 e. The van der Waals surface area contributed by atoms with Crippen LogP contribution in [0.15, 0.2) is 46.0 Å². The molecule has 0 saturated carbocycles. The van der Waals surface area contributed by atoms with Crippen molar-refractivity contribution in [1.29, 1.82) is 0 Å². The third-order valence-electron chi connectivity index (χ3n) is 2.51. The van der Waals surface area contributed by atoms with Crippen LogP contribution in [0.5, 0.6) is 5.75 Å². The Morgan fingerprint density at radius 2 is 2.14 bits per heavy atom. The molecule has 2 aromatic rings. The summed E-state index contributed by atoms with van der Waals surface area (Å²) in [6.45, 7) is 0. The summed E-state index contributed by atoms with van der Waals surface area (Å²) in [4.78, 5) is 11.7. The van der Waals surface area contributed by atoms with Gasteiger partial charge in [-0.3, -0.25) is 4.79 Å². The second kappa shape index (κ2) is 6.69. The van der Waals surface area contributed by atoms with Crippen molar-refractivity contribution in [1.82, 2.24) is 5.43 Å². The van der Waals surface area contributed by atoms with Crippen LogP contribution < -0.4 is 5.43 Å². The molecule has 1 amide bonds. The summed E-state index contributed by atoms with van der Waals surface area (Å²) in [6.07, 6.45) is 1.24. The highest BCUT2D eigenvalue weighted by Gasteiger charge is 2.07. The highest BCUT2D eigenvalue weighted by molar-refractivity contribution is 9.10. The first kappa shape index (κ1) is 15.5. The SMILES string of the molecule is O=C(N/N=C\c1cc(Br)cc(Cl)c1O)c1cccc(F)c1. The molecule has 0 radical (unpaired) electrons. The number of rotatable bonds is 3. The molecular weight excluding hydrogens is 363 g/mol. The summed E-state index contributed by atoms with van der Waals surface area (Å²) in [5.74, 6) is -1.22. The summed E-state index contributed by atoms with van der Waals surface area (Å²) >= 11 is 9.03. The topological polar surface area (TPSA) is 61.7 Å². The first-order valence-electron chi connectivity index (χ1n) is 5.74. The lowest BCUT2D eigenvalue weighted by molar-refractivity contribution is 0.0954. The number of benzene rings is 2. The predicted molar refractivity (Wildman–Crippen MR) is 82.3 cm³/mol. The van der Waals surface area contributed by atoms with Crippen molar-refractivity contribution < 1.29 is 14.3 Å². The molecule has 0 heterocycles. The van der Waals surface area contributed by atoms with E-state index in [2.05, 4.69) is 26.5 Å². The van der Waals surface area contributed by atoms with Gasteiger partial charge in [-0.2, -0.15) is 5.10 Å². The highest BCUT2D eigenvalue weighted by Crippen LogP contribution is 2.30. The maximum absolute atomic E-state index is 13.0. The number of phenolic OH excluding ortho intramolecular Hbond substituents is 1. The van der Waals surface area contributed by atoms with E-state index >= 15 is 0 Å². The lowest BCUT2D eigenvalue weighted by atomic mass is 10.2. The van der Waals surface area contributed by atoms with Gasteiger partial charge in [-0.15, -0.1) is 0 Å². The summed E-state index contributed by atoms with van der Waals surface area (Å²) in [5.41, 5.74) is 2.71. The minimum absolute atomic E-state index is 0.142. The van der Waals surface area contributed by atoms with Gasteiger partial charge in [0.25, 0.3) is 5.91 Å². The van der Waals surface area contributed by atoms with E-state index in [1.165, 1.54) is 30.5 Å². The van der Waals surface area contributed by atoms with E-state index in [1.807, 2.05) is 0 Å². The van der Waals surface area contributed by atoms with E-state index < -0.39 is 11.7 Å². The van der Waals surface area contributed by atoms with E-state index in [0.29, 0.717) is 10.0 Å². The molecule has 0 unspecified atom stereocenters. The van der Waals surface area contributed by atoms with Crippen LogP contribution in [0.3, 0.4) is 0 Å². The number of halogens is 3. The van der Waals surface area contributed by atoms with Gasteiger partial charge in [0.1, 0.15) is 11.6 Å². The zero-order chi connectivity index (χ0) is 15.4. The highest BCUT2D eigenvalue weighted by atomic mass is 79.9. The molecule has 0 aliphatic carbocycles. The average molecular weight is 372 g/mol. The average Bonchev–Trinajstić information content (AvgIpc) is 2.43. The Hall–Kier alpha value is -1.92. The largest absolute Gasteiger partial charge is 0.506 e. The maximum atomic E-state index is 13.0. The van der Waals surface area contributed by atoms with E-state index in [0.717, 1.165) is 6.07 Å². The van der Waals surface area contributed by atoms with Crippen molar-refractivity contribution in [2.45, 2.75) is 0 Å². The molecule has 7 heteroatoms. The Bertz CT molecular complexity index is 722. The smallest absolute Gasteiger partial charge is 0.271 e. The number of hydrogen-bond acceptors (Lipinski definition) is 3. The molecule has 0 bridgehead atoms. The molecule has 2 rings (SSSR count). The number of phenols is 1. The number of nitrogens with zero attached hydrogens (tertiary/aromatic N) is 1. The van der Waals surface area contributed by atoms with Gasteiger partial charge in [-0.05, 0) is 30.3 Å². The zero-order valence-electron chi connectivity index (χ0n) is 10.5. The van der Waals surface area contributed by atoms with Crippen LogP contribution >= 0.6 is 27.5 Å². The normalized spacial score (nSPS) is 10.8. The lowest BCUT2D eigenvalue weighted by Gasteiger charge is -2.03. The Morgan fingerprint density at radius 1 is 1.38 bits per heavy atom. The molecule has 0 atom stereocenters. The monoisotopic (exact) mass is 370 g/mol. The van der Waals surface area contributed by atoms with Gasteiger partial charge >= 0.3 is 0 Å². The molecule has 0 fully saturated rings. The van der Waals surface area contributed by atoms with Gasteiger partial charge in [0.2, 0.25) is 0 Å². The van der Waals surface area contributed by atoms with Crippen LogP contribution in [0.2, 0.25) is 5.02 Å². The molecule has 0 aliphatic heterocycles. The Labute approximate surface area is 133 Å². The summed E-state index contributed by atoms with van der Waals surface area (Å²) in [6, 6.07) is 8.33. The Morgan fingerprint density at radius 3 is 2.86 bits per heavy atom. The quantitative estimate of drug-likeness (QED) is 0.638. The summed E-state index contributed by atoms with van der Waals surface area (Å²) in [7, 11) is 0. The fourth-order valence-corrected chi connectivity index (χ4v) is 2.37. The first-order valence-corrected chi connectivity index (χ1v) is 6.91. The van der Waals surface area contributed by atoms with Crippen LogP contribution in [0.25, 0.3) is 0 Å². The van der Waals surface area contributed by atoms with Gasteiger partial charge < -0.3 is 5.11 Å². The number of amides is 1. The van der Waals surface area contributed by atoms with Crippen LogP contribution in [-0.4, -0.2) is 17.2 Å². The number of carbonyl (C=O) groups excluding carboxylic acids is 1. The van der Waals surface area contributed by atoms with Crippen molar-refractivity contribution in [3.63, 3.8) is 0 Å². The minimum Gasteiger partial charge on any atom is -0.506 e.